The average molecular weight is 264 g/mol. The Labute approximate surface area is 109 Å². The van der Waals surface area contributed by atoms with Gasteiger partial charge in [0.1, 0.15) is 0 Å². The number of halogens is 1. The number of hydrogen-bond acceptors (Lipinski definition) is 4. The molecule has 1 N–H and O–H groups in total. The van der Waals surface area contributed by atoms with Crippen molar-refractivity contribution >= 4 is 17.6 Å². The molecule has 0 amide bonds. The molecule has 1 aromatic carbocycles. The summed E-state index contributed by atoms with van der Waals surface area (Å²) >= 11 is 5.75. The van der Waals surface area contributed by atoms with E-state index in [9.17, 15) is 4.79 Å². The Hall–Kier alpha value is -2.32. The van der Waals surface area contributed by atoms with Gasteiger partial charge < -0.3 is 4.74 Å². The van der Waals surface area contributed by atoms with Gasteiger partial charge in [-0.3, -0.25) is 5.10 Å². The van der Waals surface area contributed by atoms with Gasteiger partial charge in [-0.2, -0.15) is 0 Å². The molecule has 0 saturated heterocycles. The summed E-state index contributed by atoms with van der Waals surface area (Å²) in [5.74, 6) is 1.70. The number of nitrogens with one attached hydrogen (secondary N) is 1. The molecule has 0 radical (unpaired) electrons. The standard InChI is InChI=1S/C10H7ClO2.C2H3N3/c1-2-7-13-10(12)8-5-3-4-6-9(8)11;1-2-4-5-3-1/h1,3-6H,7H2;1-2H,(H,3,4,5). The van der Waals surface area contributed by atoms with Crippen LogP contribution in [-0.4, -0.2) is 28.0 Å². The molecular formula is C12H10ClN3O2. The predicted octanol–water partition coefficient (Wildman–Crippen LogP) is 1.93. The molecule has 0 bridgehead atoms. The Balaban J connectivity index is 0.000000269. The fourth-order valence-electron chi connectivity index (χ4n) is 0.978. The number of aromatic amines is 1. The fourth-order valence-corrected chi connectivity index (χ4v) is 1.19. The number of terminal acetylenes is 1. The molecule has 92 valence electrons. The minimum atomic E-state index is -0.497. The van der Waals surface area contributed by atoms with Crippen molar-refractivity contribution < 1.29 is 9.53 Å². The van der Waals surface area contributed by atoms with Gasteiger partial charge in [-0.25, -0.2) is 4.79 Å². The normalized spacial score (nSPS) is 8.67. The third kappa shape index (κ3) is 4.68. The molecule has 0 saturated carbocycles. The highest BCUT2D eigenvalue weighted by molar-refractivity contribution is 6.33. The Morgan fingerprint density at radius 2 is 2.28 bits per heavy atom. The van der Waals surface area contributed by atoms with Gasteiger partial charge in [0.05, 0.1) is 16.8 Å². The summed E-state index contributed by atoms with van der Waals surface area (Å²) in [6.45, 7) is -0.0376. The SMILES string of the molecule is C#CCOC(=O)c1ccccc1Cl.c1c[nH]nn1. The van der Waals surface area contributed by atoms with E-state index in [1.54, 1.807) is 36.7 Å². The molecule has 1 aromatic heterocycles. The second-order valence-electron chi connectivity index (χ2n) is 2.92. The first-order valence-corrected chi connectivity index (χ1v) is 5.29. The number of carbonyl (C=O) groups is 1. The van der Waals surface area contributed by atoms with E-state index in [2.05, 4.69) is 21.3 Å². The molecule has 1 heterocycles. The van der Waals surface area contributed by atoms with Crippen LogP contribution in [0.1, 0.15) is 10.4 Å². The summed E-state index contributed by atoms with van der Waals surface area (Å²) in [6, 6.07) is 6.65. The Bertz CT molecular complexity index is 503. The molecule has 0 fully saturated rings. The van der Waals surface area contributed by atoms with Gasteiger partial charge in [0, 0.05) is 6.20 Å². The molecule has 6 heteroatoms. The van der Waals surface area contributed by atoms with E-state index in [1.807, 2.05) is 0 Å². The largest absolute Gasteiger partial charge is 0.449 e. The van der Waals surface area contributed by atoms with Gasteiger partial charge in [0.15, 0.2) is 6.61 Å². The molecule has 2 aromatic rings. The summed E-state index contributed by atoms with van der Waals surface area (Å²) in [4.78, 5) is 11.2. The van der Waals surface area contributed by atoms with Gasteiger partial charge >= 0.3 is 5.97 Å². The van der Waals surface area contributed by atoms with E-state index in [1.165, 1.54) is 0 Å². The number of H-pyrrole nitrogens is 1. The summed E-state index contributed by atoms with van der Waals surface area (Å²) < 4.78 is 4.70. The number of hydrogen-bond donors (Lipinski definition) is 1. The summed E-state index contributed by atoms with van der Waals surface area (Å²) in [7, 11) is 0. The highest BCUT2D eigenvalue weighted by Gasteiger charge is 2.09. The second-order valence-corrected chi connectivity index (χ2v) is 3.33. The van der Waals surface area contributed by atoms with E-state index >= 15 is 0 Å². The van der Waals surface area contributed by atoms with Crippen LogP contribution in [0.5, 0.6) is 0 Å². The molecular weight excluding hydrogens is 254 g/mol. The van der Waals surface area contributed by atoms with E-state index in [0.29, 0.717) is 10.6 Å². The van der Waals surface area contributed by atoms with Crippen molar-refractivity contribution in [2.45, 2.75) is 0 Å². The topological polar surface area (TPSA) is 67.9 Å². The maximum absolute atomic E-state index is 11.2. The van der Waals surface area contributed by atoms with E-state index in [-0.39, 0.29) is 6.61 Å². The van der Waals surface area contributed by atoms with Gasteiger partial charge in [0.2, 0.25) is 0 Å². The van der Waals surface area contributed by atoms with Gasteiger partial charge in [-0.1, -0.05) is 34.9 Å². The van der Waals surface area contributed by atoms with Crippen LogP contribution in [0.4, 0.5) is 0 Å². The van der Waals surface area contributed by atoms with E-state index in [0.717, 1.165) is 0 Å². The number of ether oxygens (including phenoxy) is 1. The predicted molar refractivity (Wildman–Crippen MR) is 67.0 cm³/mol. The maximum Gasteiger partial charge on any atom is 0.340 e. The van der Waals surface area contributed by atoms with Crippen LogP contribution in [0.3, 0.4) is 0 Å². The Kier molecular flexibility index (Phi) is 6.01. The zero-order valence-corrected chi connectivity index (χ0v) is 10.1. The number of aromatic nitrogens is 3. The summed E-state index contributed by atoms with van der Waals surface area (Å²) in [5.41, 5.74) is 0.333. The quantitative estimate of drug-likeness (QED) is 0.664. The molecule has 0 spiro atoms. The van der Waals surface area contributed by atoms with E-state index in [4.69, 9.17) is 22.8 Å². The van der Waals surface area contributed by atoms with Crippen LogP contribution in [0, 0.1) is 12.3 Å². The smallest absolute Gasteiger partial charge is 0.340 e. The van der Waals surface area contributed by atoms with Gasteiger partial charge in [0.25, 0.3) is 0 Å². The molecule has 0 aliphatic rings. The highest BCUT2D eigenvalue weighted by atomic mass is 35.5. The van der Waals surface area contributed by atoms with Crippen molar-refractivity contribution in [3.05, 3.63) is 47.2 Å². The molecule has 0 aliphatic carbocycles. The lowest BCUT2D eigenvalue weighted by atomic mass is 10.2. The first-order valence-electron chi connectivity index (χ1n) is 4.91. The van der Waals surface area contributed by atoms with Crippen molar-refractivity contribution in [1.82, 2.24) is 15.4 Å². The molecule has 5 nitrogen and oxygen atoms in total. The number of benzene rings is 1. The molecule has 0 aliphatic heterocycles. The lowest BCUT2D eigenvalue weighted by Crippen LogP contribution is -2.05. The molecule has 2 rings (SSSR count). The number of rotatable bonds is 2. The van der Waals surface area contributed by atoms with Crippen molar-refractivity contribution in [2.24, 2.45) is 0 Å². The van der Waals surface area contributed by atoms with Crippen LogP contribution in [0.25, 0.3) is 0 Å². The van der Waals surface area contributed by atoms with Crippen LogP contribution in [0.15, 0.2) is 36.7 Å². The van der Waals surface area contributed by atoms with E-state index < -0.39 is 5.97 Å². The lowest BCUT2D eigenvalue weighted by molar-refractivity contribution is 0.0557. The van der Waals surface area contributed by atoms with Crippen molar-refractivity contribution in [1.29, 1.82) is 0 Å². The molecule has 18 heavy (non-hydrogen) atoms. The molecule has 0 unspecified atom stereocenters. The fraction of sp³-hybridized carbons (Fsp3) is 0.0833. The minimum Gasteiger partial charge on any atom is -0.449 e. The van der Waals surface area contributed by atoms with Crippen LogP contribution in [0.2, 0.25) is 5.02 Å². The first-order chi connectivity index (χ1) is 8.75. The van der Waals surface area contributed by atoms with Crippen molar-refractivity contribution in [3.63, 3.8) is 0 Å². The summed E-state index contributed by atoms with van der Waals surface area (Å²) in [5, 5.41) is 9.63. The second kappa shape index (κ2) is 7.87. The maximum atomic E-state index is 11.2. The van der Waals surface area contributed by atoms with Crippen LogP contribution in [-0.2, 0) is 4.74 Å². The lowest BCUT2D eigenvalue weighted by Gasteiger charge is -2.01. The first kappa shape index (κ1) is 13.7. The van der Waals surface area contributed by atoms with Crippen LogP contribution < -0.4 is 0 Å². The van der Waals surface area contributed by atoms with Crippen LogP contribution >= 0.6 is 11.6 Å². The average Bonchev–Trinajstić information content (AvgIpc) is 2.95. The van der Waals surface area contributed by atoms with Crippen molar-refractivity contribution in [3.8, 4) is 12.3 Å². The minimum absolute atomic E-state index is 0.0376. The molecule has 0 atom stereocenters. The monoisotopic (exact) mass is 263 g/mol. The zero-order valence-electron chi connectivity index (χ0n) is 9.34. The Morgan fingerprint density at radius 1 is 1.50 bits per heavy atom. The zero-order chi connectivity index (χ0) is 13.2. The number of nitrogens with zero attached hydrogens (tertiary/aromatic N) is 2. The van der Waals surface area contributed by atoms with Gasteiger partial charge in [-0.05, 0) is 12.1 Å². The van der Waals surface area contributed by atoms with Crippen molar-refractivity contribution in [2.75, 3.05) is 6.61 Å². The summed E-state index contributed by atoms with van der Waals surface area (Å²) in [6.07, 6.45) is 8.17. The van der Waals surface area contributed by atoms with Gasteiger partial charge in [-0.15, -0.1) is 11.5 Å². The third-order valence-corrected chi connectivity index (χ3v) is 2.04. The number of esters is 1. The Morgan fingerprint density at radius 3 is 2.78 bits per heavy atom. The highest BCUT2D eigenvalue weighted by Crippen LogP contribution is 2.15. The third-order valence-electron chi connectivity index (χ3n) is 1.71. The number of carbonyl (C=O) groups excluding carboxylic acids is 1.